The summed E-state index contributed by atoms with van der Waals surface area (Å²) in [5.74, 6) is 1.54. The predicted octanol–water partition coefficient (Wildman–Crippen LogP) is 3.58. The van der Waals surface area contributed by atoms with Crippen LogP contribution in [0.15, 0.2) is 58.2 Å². The molecular weight excluding hydrogens is 354 g/mol. The summed E-state index contributed by atoms with van der Waals surface area (Å²) >= 11 is 1.20. The van der Waals surface area contributed by atoms with Gasteiger partial charge in [-0.3, -0.25) is 4.79 Å². The molecule has 2 aromatic carbocycles. The summed E-state index contributed by atoms with van der Waals surface area (Å²) < 4.78 is 16.2. The molecule has 1 aromatic heterocycles. The number of hydrogen-bond acceptors (Lipinski definition) is 7. The second kappa shape index (κ2) is 7.09. The maximum Gasteiger partial charge on any atom is 0.277 e. The molecule has 1 amide bonds. The molecule has 3 aromatic rings. The molecule has 1 N–H and O–H groups in total. The van der Waals surface area contributed by atoms with Crippen molar-refractivity contribution in [3.63, 3.8) is 0 Å². The molecule has 1 atom stereocenters. The van der Waals surface area contributed by atoms with Gasteiger partial charge in [-0.05, 0) is 31.2 Å². The van der Waals surface area contributed by atoms with E-state index in [0.717, 1.165) is 5.56 Å². The normalized spacial score (nSPS) is 13.4. The minimum Gasteiger partial charge on any atom is -0.454 e. The van der Waals surface area contributed by atoms with Gasteiger partial charge in [0, 0.05) is 17.3 Å². The van der Waals surface area contributed by atoms with Gasteiger partial charge in [-0.2, -0.15) is 0 Å². The molecule has 0 aliphatic carbocycles. The highest BCUT2D eigenvalue weighted by molar-refractivity contribution is 8.00. The van der Waals surface area contributed by atoms with E-state index >= 15 is 0 Å². The number of anilines is 1. The largest absolute Gasteiger partial charge is 0.454 e. The summed E-state index contributed by atoms with van der Waals surface area (Å²) in [7, 11) is 0. The first kappa shape index (κ1) is 16.5. The topological polar surface area (TPSA) is 86.5 Å². The van der Waals surface area contributed by atoms with Gasteiger partial charge in [0.2, 0.25) is 18.6 Å². The lowest BCUT2D eigenvalue weighted by molar-refractivity contribution is -0.115. The third kappa shape index (κ3) is 3.50. The van der Waals surface area contributed by atoms with Gasteiger partial charge in [0.15, 0.2) is 11.5 Å². The highest BCUT2D eigenvalue weighted by Crippen LogP contribution is 2.34. The van der Waals surface area contributed by atoms with Crippen molar-refractivity contribution in [3.05, 3.63) is 48.5 Å². The number of benzene rings is 2. The average Bonchev–Trinajstić information content (AvgIpc) is 3.31. The number of aromatic nitrogens is 2. The number of nitrogens with zero attached hydrogens (tertiary/aromatic N) is 2. The zero-order chi connectivity index (χ0) is 17.9. The molecule has 26 heavy (non-hydrogen) atoms. The molecule has 0 spiro atoms. The molecule has 0 radical (unpaired) electrons. The van der Waals surface area contributed by atoms with E-state index in [-0.39, 0.29) is 12.7 Å². The van der Waals surface area contributed by atoms with Gasteiger partial charge >= 0.3 is 0 Å². The number of amides is 1. The standard InChI is InChI=1S/C18H15N3O4S/c1-11(16(22)19-13-7-8-14-15(9-13)24-10-23-14)26-18-21-20-17(25-18)12-5-3-2-4-6-12/h2-9,11H,10H2,1H3,(H,19,22). The smallest absolute Gasteiger partial charge is 0.277 e. The Morgan fingerprint density at radius 1 is 1.12 bits per heavy atom. The van der Waals surface area contributed by atoms with Crippen molar-refractivity contribution in [1.82, 2.24) is 10.2 Å². The van der Waals surface area contributed by atoms with Crippen molar-refractivity contribution in [2.24, 2.45) is 0 Å². The Labute approximate surface area is 153 Å². The predicted molar refractivity (Wildman–Crippen MR) is 96.2 cm³/mol. The highest BCUT2D eigenvalue weighted by Gasteiger charge is 2.20. The second-order valence-electron chi connectivity index (χ2n) is 5.56. The third-order valence-corrected chi connectivity index (χ3v) is 4.65. The fourth-order valence-corrected chi connectivity index (χ4v) is 3.06. The minimum atomic E-state index is -0.413. The Morgan fingerprint density at radius 2 is 1.92 bits per heavy atom. The number of carbonyl (C=O) groups is 1. The summed E-state index contributed by atoms with van der Waals surface area (Å²) in [6.07, 6.45) is 0. The average molecular weight is 369 g/mol. The number of ether oxygens (including phenoxy) is 2. The van der Waals surface area contributed by atoms with Gasteiger partial charge in [0.1, 0.15) is 0 Å². The molecule has 2 heterocycles. The van der Waals surface area contributed by atoms with Crippen LogP contribution in [0.4, 0.5) is 5.69 Å². The van der Waals surface area contributed by atoms with Gasteiger partial charge in [-0.25, -0.2) is 0 Å². The van der Waals surface area contributed by atoms with Crippen LogP contribution in [-0.2, 0) is 4.79 Å². The van der Waals surface area contributed by atoms with E-state index in [0.29, 0.717) is 28.3 Å². The molecule has 0 saturated heterocycles. The number of nitrogens with one attached hydrogen (secondary N) is 1. The Balaban J connectivity index is 1.39. The van der Waals surface area contributed by atoms with Crippen LogP contribution in [0.1, 0.15) is 6.92 Å². The molecule has 0 bridgehead atoms. The first-order valence-electron chi connectivity index (χ1n) is 7.95. The van der Waals surface area contributed by atoms with Crippen LogP contribution >= 0.6 is 11.8 Å². The molecule has 7 nitrogen and oxygen atoms in total. The first-order chi connectivity index (χ1) is 12.7. The molecule has 0 saturated carbocycles. The van der Waals surface area contributed by atoms with Crippen LogP contribution < -0.4 is 14.8 Å². The summed E-state index contributed by atoms with van der Waals surface area (Å²) in [6.45, 7) is 1.97. The van der Waals surface area contributed by atoms with Gasteiger partial charge in [0.05, 0.1) is 5.25 Å². The third-order valence-electron chi connectivity index (χ3n) is 3.71. The SMILES string of the molecule is CC(Sc1nnc(-c2ccccc2)o1)C(=O)Nc1ccc2c(c1)OCO2. The van der Waals surface area contributed by atoms with Crippen LogP contribution in [0.5, 0.6) is 11.5 Å². The summed E-state index contributed by atoms with van der Waals surface area (Å²) in [4.78, 5) is 12.4. The van der Waals surface area contributed by atoms with Crippen molar-refractivity contribution < 1.29 is 18.7 Å². The van der Waals surface area contributed by atoms with E-state index in [4.69, 9.17) is 13.9 Å². The van der Waals surface area contributed by atoms with E-state index in [9.17, 15) is 4.79 Å². The molecule has 1 unspecified atom stereocenters. The van der Waals surface area contributed by atoms with E-state index < -0.39 is 5.25 Å². The number of rotatable bonds is 5. The van der Waals surface area contributed by atoms with Gasteiger partial charge in [-0.1, -0.05) is 30.0 Å². The van der Waals surface area contributed by atoms with Crippen molar-refractivity contribution in [2.75, 3.05) is 12.1 Å². The van der Waals surface area contributed by atoms with Crippen molar-refractivity contribution in [2.45, 2.75) is 17.4 Å². The first-order valence-corrected chi connectivity index (χ1v) is 8.83. The van der Waals surface area contributed by atoms with Crippen LogP contribution in [0, 0.1) is 0 Å². The Morgan fingerprint density at radius 3 is 2.77 bits per heavy atom. The van der Waals surface area contributed by atoms with Crippen LogP contribution in [0.25, 0.3) is 11.5 Å². The Bertz CT molecular complexity index is 929. The molecule has 1 aliphatic rings. The van der Waals surface area contributed by atoms with Crippen LogP contribution in [0.2, 0.25) is 0 Å². The number of thioether (sulfide) groups is 1. The Kier molecular flexibility index (Phi) is 4.49. The zero-order valence-electron chi connectivity index (χ0n) is 13.8. The minimum absolute atomic E-state index is 0.173. The van der Waals surface area contributed by atoms with Crippen molar-refractivity contribution in [1.29, 1.82) is 0 Å². The van der Waals surface area contributed by atoms with Gasteiger partial charge in [-0.15, -0.1) is 10.2 Å². The lowest BCUT2D eigenvalue weighted by atomic mass is 10.2. The Hall–Kier alpha value is -3.00. The summed E-state index contributed by atoms with van der Waals surface area (Å²) in [5, 5.41) is 10.8. The summed E-state index contributed by atoms with van der Waals surface area (Å²) in [6, 6.07) is 14.7. The molecule has 4 rings (SSSR count). The molecular formula is C18H15N3O4S. The maximum absolute atomic E-state index is 12.4. The van der Waals surface area contributed by atoms with Gasteiger partial charge < -0.3 is 19.2 Å². The van der Waals surface area contributed by atoms with Crippen molar-refractivity contribution >= 4 is 23.4 Å². The quantitative estimate of drug-likeness (QED) is 0.688. The van der Waals surface area contributed by atoms with E-state index in [2.05, 4.69) is 15.5 Å². The summed E-state index contributed by atoms with van der Waals surface area (Å²) in [5.41, 5.74) is 1.48. The van der Waals surface area contributed by atoms with Crippen LogP contribution in [0.3, 0.4) is 0 Å². The molecule has 1 aliphatic heterocycles. The van der Waals surface area contributed by atoms with Crippen molar-refractivity contribution in [3.8, 4) is 23.0 Å². The van der Waals surface area contributed by atoms with E-state index in [1.807, 2.05) is 30.3 Å². The highest BCUT2D eigenvalue weighted by atomic mass is 32.2. The number of fused-ring (bicyclic) bond motifs is 1. The maximum atomic E-state index is 12.4. The second-order valence-corrected chi connectivity index (χ2v) is 6.85. The fraction of sp³-hybridized carbons (Fsp3) is 0.167. The monoisotopic (exact) mass is 369 g/mol. The molecule has 0 fully saturated rings. The zero-order valence-corrected chi connectivity index (χ0v) is 14.7. The lowest BCUT2D eigenvalue weighted by Crippen LogP contribution is -2.22. The number of hydrogen-bond donors (Lipinski definition) is 1. The van der Waals surface area contributed by atoms with Crippen LogP contribution in [-0.4, -0.2) is 28.1 Å². The van der Waals surface area contributed by atoms with Gasteiger partial charge in [0.25, 0.3) is 5.22 Å². The van der Waals surface area contributed by atoms with E-state index in [1.54, 1.807) is 25.1 Å². The molecule has 132 valence electrons. The van der Waals surface area contributed by atoms with E-state index in [1.165, 1.54) is 11.8 Å². The number of carbonyl (C=O) groups excluding carboxylic acids is 1. The fourth-order valence-electron chi connectivity index (χ4n) is 2.38. The molecule has 8 heteroatoms. The lowest BCUT2D eigenvalue weighted by Gasteiger charge is -2.10.